The number of nitrogens with one attached hydrogen (secondary N) is 3. The summed E-state index contributed by atoms with van der Waals surface area (Å²) in [5, 5.41) is 7.12. The van der Waals surface area contributed by atoms with Crippen LogP contribution >= 0.6 is 0 Å². The Kier molecular flexibility index (Phi) is 3.71. The van der Waals surface area contributed by atoms with Crippen LogP contribution in [0.5, 0.6) is 0 Å². The molecule has 2 aromatic carbocycles. The van der Waals surface area contributed by atoms with E-state index in [2.05, 4.69) is 15.6 Å². The van der Waals surface area contributed by atoms with E-state index in [0.717, 1.165) is 22.2 Å². The SMILES string of the molecule is CNCc1ccccc1NC(=O)c1ccc2[nH]ccc2c1. The summed E-state index contributed by atoms with van der Waals surface area (Å²) in [7, 11) is 1.89. The van der Waals surface area contributed by atoms with Gasteiger partial charge in [0.05, 0.1) is 0 Å². The molecule has 4 nitrogen and oxygen atoms in total. The first-order valence-electron chi connectivity index (χ1n) is 6.89. The van der Waals surface area contributed by atoms with Gasteiger partial charge in [-0.15, -0.1) is 0 Å². The maximum absolute atomic E-state index is 12.4. The van der Waals surface area contributed by atoms with Gasteiger partial charge in [0.2, 0.25) is 0 Å². The van der Waals surface area contributed by atoms with Gasteiger partial charge >= 0.3 is 0 Å². The normalized spacial score (nSPS) is 10.7. The minimum atomic E-state index is -0.0957. The highest BCUT2D eigenvalue weighted by atomic mass is 16.1. The monoisotopic (exact) mass is 279 g/mol. The average Bonchev–Trinajstić information content (AvgIpc) is 2.97. The van der Waals surface area contributed by atoms with E-state index in [4.69, 9.17) is 0 Å². The number of rotatable bonds is 4. The molecule has 0 aliphatic carbocycles. The molecule has 4 heteroatoms. The van der Waals surface area contributed by atoms with Crippen LogP contribution in [0.1, 0.15) is 15.9 Å². The van der Waals surface area contributed by atoms with Crippen LogP contribution in [0.2, 0.25) is 0 Å². The molecule has 0 fully saturated rings. The van der Waals surface area contributed by atoms with Crippen LogP contribution in [0, 0.1) is 0 Å². The summed E-state index contributed by atoms with van der Waals surface area (Å²) in [6.45, 7) is 0.716. The van der Waals surface area contributed by atoms with Crippen LogP contribution in [0.3, 0.4) is 0 Å². The van der Waals surface area contributed by atoms with Crippen LogP contribution < -0.4 is 10.6 Å². The number of aromatic nitrogens is 1. The zero-order chi connectivity index (χ0) is 14.7. The lowest BCUT2D eigenvalue weighted by Crippen LogP contribution is -2.15. The fourth-order valence-electron chi connectivity index (χ4n) is 2.38. The Labute approximate surface area is 123 Å². The van der Waals surface area contributed by atoms with Crippen molar-refractivity contribution in [3.63, 3.8) is 0 Å². The molecular weight excluding hydrogens is 262 g/mol. The van der Waals surface area contributed by atoms with Crippen LogP contribution in [-0.4, -0.2) is 17.9 Å². The average molecular weight is 279 g/mol. The summed E-state index contributed by atoms with van der Waals surface area (Å²) in [6.07, 6.45) is 1.87. The molecule has 0 saturated heterocycles. The van der Waals surface area contributed by atoms with E-state index in [1.54, 1.807) is 0 Å². The number of amides is 1. The molecule has 0 unspecified atom stereocenters. The summed E-state index contributed by atoms with van der Waals surface area (Å²) in [5.74, 6) is -0.0957. The first-order chi connectivity index (χ1) is 10.3. The highest BCUT2D eigenvalue weighted by Gasteiger charge is 2.09. The molecule has 106 valence electrons. The second kappa shape index (κ2) is 5.81. The first-order valence-corrected chi connectivity index (χ1v) is 6.89. The zero-order valence-corrected chi connectivity index (χ0v) is 11.8. The van der Waals surface area contributed by atoms with Crippen LogP contribution in [0.4, 0.5) is 5.69 Å². The van der Waals surface area contributed by atoms with E-state index in [0.29, 0.717) is 12.1 Å². The number of H-pyrrole nitrogens is 1. The van der Waals surface area contributed by atoms with Crippen molar-refractivity contribution in [1.29, 1.82) is 0 Å². The van der Waals surface area contributed by atoms with Gasteiger partial charge in [-0.25, -0.2) is 0 Å². The van der Waals surface area contributed by atoms with Crippen molar-refractivity contribution < 1.29 is 4.79 Å². The third-order valence-electron chi connectivity index (χ3n) is 3.45. The zero-order valence-electron chi connectivity index (χ0n) is 11.8. The predicted molar refractivity (Wildman–Crippen MR) is 85.5 cm³/mol. The Morgan fingerprint density at radius 3 is 2.86 bits per heavy atom. The number of fused-ring (bicyclic) bond motifs is 1. The fraction of sp³-hybridized carbons (Fsp3) is 0.118. The van der Waals surface area contributed by atoms with E-state index >= 15 is 0 Å². The quantitative estimate of drug-likeness (QED) is 0.687. The maximum Gasteiger partial charge on any atom is 0.255 e. The first kappa shape index (κ1) is 13.4. The molecule has 0 radical (unpaired) electrons. The number of aromatic amines is 1. The lowest BCUT2D eigenvalue weighted by Gasteiger charge is -2.10. The molecule has 1 heterocycles. The number of carbonyl (C=O) groups is 1. The second-order valence-corrected chi connectivity index (χ2v) is 4.92. The van der Waals surface area contributed by atoms with Crippen molar-refractivity contribution in [3.8, 4) is 0 Å². The van der Waals surface area contributed by atoms with Gasteiger partial charge in [-0.3, -0.25) is 4.79 Å². The van der Waals surface area contributed by atoms with Crippen LogP contribution in [0.15, 0.2) is 54.7 Å². The third-order valence-corrected chi connectivity index (χ3v) is 3.45. The lowest BCUT2D eigenvalue weighted by atomic mass is 10.1. The minimum Gasteiger partial charge on any atom is -0.361 e. The second-order valence-electron chi connectivity index (χ2n) is 4.92. The number of para-hydroxylation sites is 1. The molecule has 0 aliphatic heterocycles. The van der Waals surface area contributed by atoms with Crippen LogP contribution in [-0.2, 0) is 6.54 Å². The van der Waals surface area contributed by atoms with Gasteiger partial charge in [0.1, 0.15) is 0 Å². The van der Waals surface area contributed by atoms with Gasteiger partial charge in [0.25, 0.3) is 5.91 Å². The Morgan fingerprint density at radius 1 is 1.14 bits per heavy atom. The van der Waals surface area contributed by atoms with E-state index in [9.17, 15) is 4.79 Å². The molecule has 0 spiro atoms. The molecule has 0 atom stereocenters. The molecule has 1 amide bonds. The third kappa shape index (κ3) is 2.80. The molecule has 3 aromatic rings. The number of hydrogen-bond acceptors (Lipinski definition) is 2. The number of carbonyl (C=O) groups excluding carboxylic acids is 1. The summed E-state index contributed by atoms with van der Waals surface area (Å²) in [5.41, 5.74) is 3.59. The number of anilines is 1. The Bertz CT molecular complexity index is 776. The van der Waals surface area contributed by atoms with E-state index < -0.39 is 0 Å². The van der Waals surface area contributed by atoms with Crippen molar-refractivity contribution >= 4 is 22.5 Å². The van der Waals surface area contributed by atoms with Gasteiger partial charge in [0, 0.05) is 34.9 Å². The summed E-state index contributed by atoms with van der Waals surface area (Å²) >= 11 is 0. The van der Waals surface area contributed by atoms with Crippen molar-refractivity contribution in [3.05, 3.63) is 65.9 Å². The molecular formula is C17H17N3O. The molecule has 21 heavy (non-hydrogen) atoms. The largest absolute Gasteiger partial charge is 0.361 e. The van der Waals surface area contributed by atoms with E-state index in [-0.39, 0.29) is 5.91 Å². The minimum absolute atomic E-state index is 0.0957. The van der Waals surface area contributed by atoms with Gasteiger partial charge in [-0.05, 0) is 42.9 Å². The van der Waals surface area contributed by atoms with E-state index in [1.807, 2.05) is 61.8 Å². The summed E-state index contributed by atoms with van der Waals surface area (Å²) in [4.78, 5) is 15.5. The van der Waals surface area contributed by atoms with Crippen molar-refractivity contribution in [2.45, 2.75) is 6.54 Å². The molecule has 3 N–H and O–H groups in total. The number of benzene rings is 2. The number of hydrogen-bond donors (Lipinski definition) is 3. The molecule has 3 rings (SSSR count). The Morgan fingerprint density at radius 2 is 2.00 bits per heavy atom. The van der Waals surface area contributed by atoms with Crippen molar-refractivity contribution in [2.24, 2.45) is 0 Å². The van der Waals surface area contributed by atoms with Gasteiger partial charge in [-0.1, -0.05) is 18.2 Å². The van der Waals surface area contributed by atoms with Crippen LogP contribution in [0.25, 0.3) is 10.9 Å². The summed E-state index contributed by atoms with van der Waals surface area (Å²) < 4.78 is 0. The molecule has 1 aromatic heterocycles. The lowest BCUT2D eigenvalue weighted by molar-refractivity contribution is 0.102. The summed E-state index contributed by atoms with van der Waals surface area (Å²) in [6, 6.07) is 15.4. The molecule has 0 aliphatic rings. The predicted octanol–water partition coefficient (Wildman–Crippen LogP) is 3.14. The smallest absolute Gasteiger partial charge is 0.255 e. The molecule has 0 saturated carbocycles. The van der Waals surface area contributed by atoms with Gasteiger partial charge in [0.15, 0.2) is 0 Å². The van der Waals surface area contributed by atoms with E-state index in [1.165, 1.54) is 0 Å². The van der Waals surface area contributed by atoms with Gasteiger partial charge in [-0.2, -0.15) is 0 Å². The topological polar surface area (TPSA) is 56.9 Å². The standard InChI is InChI=1S/C17H17N3O/c1-18-11-14-4-2-3-5-16(14)20-17(21)13-6-7-15-12(10-13)8-9-19-15/h2-10,18-19H,11H2,1H3,(H,20,21). The Balaban J connectivity index is 1.85. The highest BCUT2D eigenvalue weighted by Crippen LogP contribution is 2.18. The molecule has 0 bridgehead atoms. The maximum atomic E-state index is 12.4. The van der Waals surface area contributed by atoms with Crippen molar-refractivity contribution in [2.75, 3.05) is 12.4 Å². The van der Waals surface area contributed by atoms with Crippen molar-refractivity contribution in [1.82, 2.24) is 10.3 Å². The van der Waals surface area contributed by atoms with Gasteiger partial charge < -0.3 is 15.6 Å². The fourth-order valence-corrected chi connectivity index (χ4v) is 2.38. The Hall–Kier alpha value is -2.59. The highest BCUT2D eigenvalue weighted by molar-refractivity contribution is 6.06.